The van der Waals surface area contributed by atoms with Gasteiger partial charge in [0.15, 0.2) is 0 Å². The number of rotatable bonds is 34. The molecule has 0 bridgehead atoms. The molecule has 4 N–H and O–H groups in total. The minimum absolute atomic E-state index is 0.0224. The average Bonchev–Trinajstić information content (AvgIpc) is 3.10. The van der Waals surface area contributed by atoms with Crippen molar-refractivity contribution in [1.29, 1.82) is 0 Å². The number of phosphoric acid groups is 1. The molecular formula is C40H66NO9P. The van der Waals surface area contributed by atoms with E-state index in [-0.39, 0.29) is 13.0 Å². The Kier molecular flexibility index (Phi) is 33.6. The maximum Gasteiger partial charge on any atom is 0.472 e. The zero-order valence-electron chi connectivity index (χ0n) is 31.2. The number of esters is 1. The second kappa shape index (κ2) is 35.5. The maximum absolute atomic E-state index is 12.5. The number of carbonyl (C=O) groups excluding carboxylic acids is 1. The molecule has 0 amide bonds. The summed E-state index contributed by atoms with van der Waals surface area (Å²) in [6, 6.07) is -1.49. The van der Waals surface area contributed by atoms with Crippen molar-refractivity contribution < 1.29 is 42.7 Å². The molecule has 0 heterocycles. The fraction of sp³-hybridized carbons (Fsp3) is 0.600. The molecule has 0 saturated heterocycles. The average molecular weight is 736 g/mol. The van der Waals surface area contributed by atoms with Crippen LogP contribution in [0.25, 0.3) is 0 Å². The molecule has 10 nitrogen and oxygen atoms in total. The fourth-order valence-electron chi connectivity index (χ4n) is 4.31. The predicted molar refractivity (Wildman–Crippen MR) is 207 cm³/mol. The van der Waals surface area contributed by atoms with Crippen LogP contribution in [0.5, 0.6) is 0 Å². The first-order valence-electron chi connectivity index (χ1n) is 18.6. The van der Waals surface area contributed by atoms with Gasteiger partial charge in [-0.25, -0.2) is 4.57 Å². The molecule has 3 unspecified atom stereocenters. The first kappa shape index (κ1) is 48.1. The van der Waals surface area contributed by atoms with Crippen molar-refractivity contribution in [2.75, 3.05) is 26.4 Å². The largest absolute Gasteiger partial charge is 0.480 e. The van der Waals surface area contributed by atoms with E-state index in [4.69, 9.17) is 24.8 Å². The van der Waals surface area contributed by atoms with Gasteiger partial charge in [0.1, 0.15) is 12.1 Å². The summed E-state index contributed by atoms with van der Waals surface area (Å²) in [6.45, 7) is 3.49. The molecule has 0 aliphatic heterocycles. The zero-order valence-corrected chi connectivity index (χ0v) is 32.1. The summed E-state index contributed by atoms with van der Waals surface area (Å²) in [7, 11) is -4.63. The Labute approximate surface area is 307 Å². The minimum atomic E-state index is -4.63. The van der Waals surface area contributed by atoms with Crippen molar-refractivity contribution in [3.8, 4) is 0 Å². The Hall–Kier alpha value is -2.85. The van der Waals surface area contributed by atoms with E-state index in [1.165, 1.54) is 0 Å². The van der Waals surface area contributed by atoms with Gasteiger partial charge in [0.2, 0.25) is 0 Å². The highest BCUT2D eigenvalue weighted by Gasteiger charge is 2.27. The number of carboxylic acids is 1. The van der Waals surface area contributed by atoms with Crippen molar-refractivity contribution in [2.24, 2.45) is 5.73 Å². The van der Waals surface area contributed by atoms with Gasteiger partial charge < -0.3 is 25.2 Å². The molecule has 0 fully saturated rings. The van der Waals surface area contributed by atoms with Crippen molar-refractivity contribution in [2.45, 2.75) is 129 Å². The Morgan fingerprint density at radius 2 is 1.08 bits per heavy atom. The van der Waals surface area contributed by atoms with Crippen molar-refractivity contribution >= 4 is 19.8 Å². The number of hydrogen-bond acceptors (Lipinski definition) is 8. The SMILES string of the molecule is CC/C=C\C/C=C\C/C=C\C/C=C\CCCCCOCC(COP(=O)(O)OCC(N)C(=O)O)OC(=O)CCCCC/C=C\C/C=C\C/C=C\CC. The number of ether oxygens (including phenoxy) is 2. The lowest BCUT2D eigenvalue weighted by atomic mass is 10.1. The lowest BCUT2D eigenvalue weighted by Gasteiger charge is -2.20. The summed E-state index contributed by atoms with van der Waals surface area (Å²) in [4.78, 5) is 33.4. The van der Waals surface area contributed by atoms with Crippen LogP contribution >= 0.6 is 7.82 Å². The predicted octanol–water partition coefficient (Wildman–Crippen LogP) is 9.64. The Morgan fingerprint density at radius 3 is 1.57 bits per heavy atom. The van der Waals surface area contributed by atoms with Crippen molar-refractivity contribution in [3.63, 3.8) is 0 Å². The van der Waals surface area contributed by atoms with Gasteiger partial charge in [-0.2, -0.15) is 0 Å². The number of allylic oxidation sites excluding steroid dienone is 14. The van der Waals surface area contributed by atoms with Crippen molar-refractivity contribution in [3.05, 3.63) is 85.1 Å². The standard InChI is InChI=1S/C40H66NO9P/c1-3-5-7-9-11-13-15-17-18-19-21-23-25-27-29-31-33-47-34-37(35-48-51(45,46)49-36-38(41)40(43)44)50-39(42)32-30-28-26-24-22-20-16-14-12-10-8-6-4-2/h5-8,11-14,17-18,20-23,37-38H,3-4,9-10,15-16,19,24-36,41H2,1-2H3,(H,43,44)(H,45,46)/b7-5-,8-6-,13-11-,14-12-,18-17-,22-20-,23-21-. The van der Waals surface area contributed by atoms with E-state index in [0.717, 1.165) is 89.9 Å². The normalized spacial score (nSPS) is 15.1. The molecule has 0 aromatic heterocycles. The Bertz CT molecular complexity index is 1130. The van der Waals surface area contributed by atoms with E-state index >= 15 is 0 Å². The van der Waals surface area contributed by atoms with Crippen LogP contribution in [0.15, 0.2) is 85.1 Å². The highest BCUT2D eigenvalue weighted by molar-refractivity contribution is 7.47. The number of carbonyl (C=O) groups is 2. The number of aliphatic carboxylic acids is 1. The summed E-state index contributed by atoms with van der Waals surface area (Å²) < 4.78 is 33.1. The molecule has 0 aromatic carbocycles. The highest BCUT2D eigenvalue weighted by atomic mass is 31.2. The highest BCUT2D eigenvalue weighted by Crippen LogP contribution is 2.43. The van der Waals surface area contributed by atoms with Gasteiger partial charge >= 0.3 is 19.8 Å². The molecule has 0 saturated carbocycles. The number of unbranched alkanes of at least 4 members (excludes halogenated alkanes) is 6. The molecule has 0 rings (SSSR count). The first-order chi connectivity index (χ1) is 24.7. The second-order valence-electron chi connectivity index (χ2n) is 11.9. The lowest BCUT2D eigenvalue weighted by molar-refractivity contribution is -0.154. The van der Waals surface area contributed by atoms with Crippen LogP contribution in [0.3, 0.4) is 0 Å². The van der Waals surface area contributed by atoms with Crippen LogP contribution in [0.1, 0.15) is 117 Å². The summed E-state index contributed by atoms with van der Waals surface area (Å²) in [5.41, 5.74) is 5.33. The number of nitrogens with two attached hydrogens (primary N) is 1. The molecule has 0 aliphatic carbocycles. The number of carboxylic acid groups (broad SMARTS) is 1. The maximum atomic E-state index is 12.5. The van der Waals surface area contributed by atoms with E-state index < -0.39 is 45.1 Å². The fourth-order valence-corrected chi connectivity index (χ4v) is 5.09. The number of phosphoric ester groups is 1. The molecule has 3 atom stereocenters. The molecule has 0 radical (unpaired) electrons. The molecule has 0 aromatic rings. The van der Waals surface area contributed by atoms with Gasteiger partial charge in [-0.3, -0.25) is 18.6 Å². The zero-order chi connectivity index (χ0) is 37.7. The third kappa shape index (κ3) is 35.3. The van der Waals surface area contributed by atoms with Gasteiger partial charge in [-0.1, -0.05) is 112 Å². The molecule has 290 valence electrons. The minimum Gasteiger partial charge on any atom is -0.480 e. The lowest BCUT2D eigenvalue weighted by Crippen LogP contribution is -2.34. The van der Waals surface area contributed by atoms with Gasteiger partial charge in [0.05, 0.1) is 19.8 Å². The summed E-state index contributed by atoms with van der Waals surface area (Å²) in [6.07, 6.45) is 43.6. The first-order valence-corrected chi connectivity index (χ1v) is 20.1. The third-order valence-corrected chi connectivity index (χ3v) is 8.12. The van der Waals surface area contributed by atoms with Crippen LogP contribution < -0.4 is 5.73 Å². The van der Waals surface area contributed by atoms with Crippen LogP contribution in [0.4, 0.5) is 0 Å². The van der Waals surface area contributed by atoms with E-state index in [1.54, 1.807) is 0 Å². The second-order valence-corrected chi connectivity index (χ2v) is 13.4. The van der Waals surface area contributed by atoms with Crippen LogP contribution in [0, 0.1) is 0 Å². The monoisotopic (exact) mass is 735 g/mol. The van der Waals surface area contributed by atoms with E-state index in [9.17, 15) is 19.0 Å². The topological polar surface area (TPSA) is 155 Å². The van der Waals surface area contributed by atoms with Crippen LogP contribution in [-0.4, -0.2) is 60.5 Å². The summed E-state index contributed by atoms with van der Waals surface area (Å²) >= 11 is 0. The smallest absolute Gasteiger partial charge is 0.472 e. The summed E-state index contributed by atoms with van der Waals surface area (Å²) in [5, 5.41) is 8.86. The van der Waals surface area contributed by atoms with Gasteiger partial charge in [0.25, 0.3) is 0 Å². The van der Waals surface area contributed by atoms with Gasteiger partial charge in [-0.05, 0) is 83.5 Å². The molecule has 0 aliphatic rings. The molecule has 11 heteroatoms. The molecular weight excluding hydrogens is 669 g/mol. The van der Waals surface area contributed by atoms with E-state index in [0.29, 0.717) is 13.0 Å². The van der Waals surface area contributed by atoms with Crippen LogP contribution in [-0.2, 0) is 32.7 Å². The van der Waals surface area contributed by atoms with Gasteiger partial charge in [0, 0.05) is 13.0 Å². The Morgan fingerprint density at radius 1 is 0.627 bits per heavy atom. The summed E-state index contributed by atoms with van der Waals surface area (Å²) in [5.74, 6) is -1.84. The third-order valence-electron chi connectivity index (χ3n) is 7.17. The van der Waals surface area contributed by atoms with Crippen molar-refractivity contribution in [1.82, 2.24) is 0 Å². The quantitative estimate of drug-likeness (QED) is 0.0252. The molecule has 51 heavy (non-hydrogen) atoms. The number of hydrogen-bond donors (Lipinski definition) is 3. The van der Waals surface area contributed by atoms with E-state index in [2.05, 4.69) is 103 Å². The van der Waals surface area contributed by atoms with Crippen LogP contribution in [0.2, 0.25) is 0 Å². The Balaban J connectivity index is 4.45. The van der Waals surface area contributed by atoms with Gasteiger partial charge in [-0.15, -0.1) is 0 Å². The van der Waals surface area contributed by atoms with E-state index in [1.807, 2.05) is 0 Å². The molecule has 0 spiro atoms.